The summed E-state index contributed by atoms with van der Waals surface area (Å²) in [6.07, 6.45) is 13.3. The molecule has 0 aliphatic rings. The third-order valence-electron chi connectivity index (χ3n) is 12.9. The molecule has 0 bridgehead atoms. The Balaban J connectivity index is 0.940. The van der Waals surface area contributed by atoms with E-state index in [1.165, 1.54) is 61.2 Å². The number of imidazole rings is 1. The van der Waals surface area contributed by atoms with E-state index < -0.39 is 0 Å². The van der Waals surface area contributed by atoms with Gasteiger partial charge < -0.3 is 0 Å². The van der Waals surface area contributed by atoms with Crippen LogP contribution in [-0.4, -0.2) is 24.3 Å². The molecule has 5 nitrogen and oxygen atoms in total. The Morgan fingerprint density at radius 2 is 0.897 bits per heavy atom. The largest absolute Gasteiger partial charge is 0.300 e. The summed E-state index contributed by atoms with van der Waals surface area (Å²) in [6, 6.07) is 78.7. The first-order chi connectivity index (χ1) is 33.7. The molecule has 0 spiro atoms. The van der Waals surface area contributed by atoms with E-state index in [-0.39, 0.29) is 0 Å². The van der Waals surface area contributed by atoms with Crippen molar-refractivity contribution in [2.24, 2.45) is 0 Å². The molecule has 11 rings (SSSR count). The summed E-state index contributed by atoms with van der Waals surface area (Å²) in [5.41, 5.74) is 20.1. The van der Waals surface area contributed by atoms with Crippen LogP contribution in [0, 0.1) is 0 Å². The van der Waals surface area contributed by atoms with Gasteiger partial charge in [-0.2, -0.15) is 5.10 Å². The second-order valence-electron chi connectivity index (χ2n) is 17.3. The van der Waals surface area contributed by atoms with Gasteiger partial charge in [-0.3, -0.25) is 9.55 Å². The molecule has 0 fully saturated rings. The van der Waals surface area contributed by atoms with Gasteiger partial charge in [-0.15, -0.1) is 0 Å². The summed E-state index contributed by atoms with van der Waals surface area (Å²) in [4.78, 5) is 9.47. The molecular formula is C63H49N5. The van der Waals surface area contributed by atoms with Gasteiger partial charge in [-0.1, -0.05) is 170 Å². The molecule has 3 aromatic heterocycles. The van der Waals surface area contributed by atoms with Gasteiger partial charge in [0.1, 0.15) is 5.82 Å². The number of para-hydroxylation sites is 1. The summed E-state index contributed by atoms with van der Waals surface area (Å²) in [7, 11) is 0. The molecule has 0 radical (unpaired) electrons. The third kappa shape index (κ3) is 9.24. The van der Waals surface area contributed by atoms with Crippen molar-refractivity contribution in [1.82, 2.24) is 24.3 Å². The van der Waals surface area contributed by atoms with Crippen molar-refractivity contribution in [3.63, 3.8) is 0 Å². The lowest BCUT2D eigenvalue weighted by Crippen LogP contribution is -1.99. The molecule has 0 N–H and O–H groups in total. The minimum Gasteiger partial charge on any atom is -0.300 e. The molecule has 0 saturated carbocycles. The van der Waals surface area contributed by atoms with Crippen LogP contribution in [0.3, 0.4) is 0 Å². The van der Waals surface area contributed by atoms with E-state index in [1.54, 1.807) is 0 Å². The minimum atomic E-state index is 0.914. The van der Waals surface area contributed by atoms with Crippen LogP contribution in [0.1, 0.15) is 22.3 Å². The number of hydrogen-bond acceptors (Lipinski definition) is 3. The first-order valence-electron chi connectivity index (χ1n) is 23.4. The Kier molecular flexibility index (Phi) is 12.0. The zero-order valence-electron chi connectivity index (χ0n) is 37.7. The van der Waals surface area contributed by atoms with Crippen LogP contribution in [0.15, 0.2) is 249 Å². The smallest absolute Gasteiger partial charge is 0.144 e. The van der Waals surface area contributed by atoms with Crippen LogP contribution in [0.2, 0.25) is 0 Å². The lowest BCUT2D eigenvalue weighted by molar-refractivity contribution is 0.876. The van der Waals surface area contributed by atoms with Gasteiger partial charge in [0.15, 0.2) is 0 Å². The summed E-state index contributed by atoms with van der Waals surface area (Å²) in [5, 5.41) is 4.42. The second kappa shape index (κ2) is 19.4. The highest BCUT2D eigenvalue weighted by molar-refractivity contribution is 5.93. The van der Waals surface area contributed by atoms with Crippen LogP contribution in [-0.2, 0) is 25.7 Å². The van der Waals surface area contributed by atoms with Crippen molar-refractivity contribution in [2.45, 2.75) is 25.7 Å². The van der Waals surface area contributed by atoms with E-state index in [0.717, 1.165) is 65.3 Å². The van der Waals surface area contributed by atoms with Gasteiger partial charge in [-0.25, -0.2) is 9.67 Å². The molecule has 0 saturated heterocycles. The maximum Gasteiger partial charge on any atom is 0.144 e. The van der Waals surface area contributed by atoms with Gasteiger partial charge in [0.25, 0.3) is 0 Å². The number of nitrogens with zero attached hydrogens (tertiary/aromatic N) is 5. The Morgan fingerprint density at radius 3 is 1.59 bits per heavy atom. The molecule has 8 aromatic carbocycles. The summed E-state index contributed by atoms with van der Waals surface area (Å²) in [6.45, 7) is 0. The first kappa shape index (κ1) is 42.0. The highest BCUT2D eigenvalue weighted by Crippen LogP contribution is 2.41. The number of pyridine rings is 1. The Morgan fingerprint density at radius 1 is 0.309 bits per heavy atom. The average molecular weight is 876 g/mol. The lowest BCUT2D eigenvalue weighted by atomic mass is 9.86. The van der Waals surface area contributed by atoms with Gasteiger partial charge in [0, 0.05) is 47.8 Å². The Labute approximate surface area is 398 Å². The van der Waals surface area contributed by atoms with Gasteiger partial charge in [0.05, 0.1) is 11.4 Å². The number of aromatic nitrogens is 5. The van der Waals surface area contributed by atoms with Crippen molar-refractivity contribution in [3.8, 4) is 78.5 Å². The zero-order chi connectivity index (χ0) is 45.5. The van der Waals surface area contributed by atoms with Crippen molar-refractivity contribution >= 4 is 0 Å². The van der Waals surface area contributed by atoms with Crippen molar-refractivity contribution in [3.05, 3.63) is 272 Å². The van der Waals surface area contributed by atoms with Gasteiger partial charge in [0.2, 0.25) is 0 Å². The van der Waals surface area contributed by atoms with Crippen LogP contribution < -0.4 is 0 Å². The maximum absolute atomic E-state index is 4.74. The zero-order valence-corrected chi connectivity index (χ0v) is 37.7. The highest BCUT2D eigenvalue weighted by Gasteiger charge is 2.17. The van der Waals surface area contributed by atoms with Crippen LogP contribution in [0.25, 0.3) is 78.5 Å². The quantitative estimate of drug-likeness (QED) is 0.109. The fourth-order valence-corrected chi connectivity index (χ4v) is 9.31. The maximum atomic E-state index is 4.74. The molecule has 0 unspecified atom stereocenters. The van der Waals surface area contributed by atoms with E-state index in [0.29, 0.717) is 0 Å². The van der Waals surface area contributed by atoms with Crippen molar-refractivity contribution in [1.29, 1.82) is 0 Å². The Hall–Kier alpha value is -8.67. The summed E-state index contributed by atoms with van der Waals surface area (Å²) in [5.74, 6) is 0.938. The fraction of sp³-hybridized carbons (Fsp3) is 0.0635. The van der Waals surface area contributed by atoms with E-state index in [2.05, 4.69) is 210 Å². The molecule has 68 heavy (non-hydrogen) atoms. The molecule has 0 aliphatic heterocycles. The van der Waals surface area contributed by atoms with Crippen molar-refractivity contribution < 1.29 is 0 Å². The summed E-state index contributed by atoms with van der Waals surface area (Å²) >= 11 is 0. The number of rotatable bonds is 14. The first-order valence-corrected chi connectivity index (χ1v) is 23.4. The third-order valence-corrected chi connectivity index (χ3v) is 12.9. The molecule has 5 heteroatoms. The molecular weight excluding hydrogens is 827 g/mol. The number of benzene rings is 8. The van der Waals surface area contributed by atoms with E-state index >= 15 is 0 Å². The van der Waals surface area contributed by atoms with Gasteiger partial charge >= 0.3 is 0 Å². The number of hydrogen-bond donors (Lipinski definition) is 0. The predicted octanol–water partition coefficient (Wildman–Crippen LogP) is 15.0. The van der Waals surface area contributed by atoms with Gasteiger partial charge in [-0.05, 0) is 141 Å². The highest BCUT2D eigenvalue weighted by atomic mass is 15.3. The number of aryl methyl sites for hydroxylation is 4. The van der Waals surface area contributed by atoms with E-state index in [9.17, 15) is 0 Å². The molecule has 11 aromatic rings. The van der Waals surface area contributed by atoms with Crippen molar-refractivity contribution in [2.75, 3.05) is 0 Å². The standard InChI is InChI=1S/C63H49N5/c1-3-12-50(13-4-1)51-29-31-52(32-30-51)61-45-54(62-18-9-10-37-64-62)33-36-60(61)59-17-8-7-16-58(59)55-43-48(42-49(44-55)22-20-47-25-34-57(35-26-47)68-40-11-38-66-68)21-19-46-23-27-53(28-24-46)63-65-39-41-67(63)56-14-5-2-6-15-56/h1-18,23-45H,19-22H2. The fourth-order valence-electron chi connectivity index (χ4n) is 9.31. The molecule has 0 atom stereocenters. The molecule has 3 heterocycles. The monoisotopic (exact) mass is 875 g/mol. The van der Waals surface area contributed by atoms with Crippen LogP contribution >= 0.6 is 0 Å². The SMILES string of the molecule is c1ccc(-c2ccc(-c3cc(-c4ccccn4)ccc3-c3ccccc3-c3cc(CCc4ccc(-c5nccn5-c5ccccc5)cc4)cc(CCc4ccc(-n5cccn5)cc4)c3)cc2)cc1. The minimum absolute atomic E-state index is 0.914. The normalized spacial score (nSPS) is 11.2. The Bertz CT molecular complexity index is 3390. The summed E-state index contributed by atoms with van der Waals surface area (Å²) < 4.78 is 4.05. The topological polar surface area (TPSA) is 48.5 Å². The molecule has 0 amide bonds. The second-order valence-corrected chi connectivity index (χ2v) is 17.3. The molecule has 326 valence electrons. The van der Waals surface area contributed by atoms with E-state index in [4.69, 9.17) is 9.97 Å². The van der Waals surface area contributed by atoms with Crippen LogP contribution in [0.4, 0.5) is 0 Å². The molecule has 0 aliphatic carbocycles. The average Bonchev–Trinajstić information content (AvgIpc) is 4.15. The predicted molar refractivity (Wildman–Crippen MR) is 279 cm³/mol. The lowest BCUT2D eigenvalue weighted by Gasteiger charge is -2.18. The van der Waals surface area contributed by atoms with Crippen LogP contribution in [0.5, 0.6) is 0 Å². The van der Waals surface area contributed by atoms with E-state index in [1.807, 2.05) is 53.9 Å².